The molecule has 0 radical (unpaired) electrons. The van der Waals surface area contributed by atoms with Gasteiger partial charge in [0.15, 0.2) is 0 Å². The number of rotatable bonds is 5. The van der Waals surface area contributed by atoms with Gasteiger partial charge in [0.05, 0.1) is 20.3 Å². The molecule has 0 bridgehead atoms. The van der Waals surface area contributed by atoms with Crippen LogP contribution in [0.15, 0.2) is 16.5 Å². The van der Waals surface area contributed by atoms with E-state index in [0.717, 1.165) is 31.9 Å². The van der Waals surface area contributed by atoms with E-state index in [0.29, 0.717) is 12.5 Å². The maximum Gasteiger partial charge on any atom is 0.373 e. The highest BCUT2D eigenvalue weighted by Gasteiger charge is 2.14. The summed E-state index contributed by atoms with van der Waals surface area (Å²) in [5.74, 6) is 1.12. The monoisotopic (exact) mass is 253 g/mol. The highest BCUT2D eigenvalue weighted by molar-refractivity contribution is 5.86. The summed E-state index contributed by atoms with van der Waals surface area (Å²) in [6.07, 6.45) is 2.35. The second kappa shape index (κ2) is 6.56. The van der Waals surface area contributed by atoms with Gasteiger partial charge < -0.3 is 19.2 Å². The van der Waals surface area contributed by atoms with Gasteiger partial charge in [0.2, 0.25) is 5.76 Å². The Hall–Kier alpha value is -1.33. The minimum Gasteiger partial charge on any atom is -0.463 e. The molecule has 1 aromatic heterocycles. The molecular weight excluding hydrogens is 234 g/mol. The smallest absolute Gasteiger partial charge is 0.373 e. The molecule has 18 heavy (non-hydrogen) atoms. The summed E-state index contributed by atoms with van der Waals surface area (Å²) in [6, 6.07) is 3.42. The summed E-state index contributed by atoms with van der Waals surface area (Å²) < 4.78 is 15.3. The number of nitrogens with one attached hydrogen (secondary N) is 1. The largest absolute Gasteiger partial charge is 0.463 e. The number of esters is 1. The Balaban J connectivity index is 1.72. The molecule has 2 heterocycles. The molecule has 1 atom stereocenters. The highest BCUT2D eigenvalue weighted by Crippen LogP contribution is 2.13. The Morgan fingerprint density at radius 1 is 1.56 bits per heavy atom. The van der Waals surface area contributed by atoms with Gasteiger partial charge in [-0.2, -0.15) is 0 Å². The topological polar surface area (TPSA) is 60.7 Å². The lowest BCUT2D eigenvalue weighted by atomic mass is 10.0. The number of methoxy groups -OCH3 is 1. The molecule has 0 aromatic carbocycles. The number of carbonyl (C=O) groups excluding carboxylic acids is 1. The maximum atomic E-state index is 11.2. The molecule has 1 aromatic rings. The molecule has 0 spiro atoms. The predicted molar refractivity (Wildman–Crippen MR) is 65.3 cm³/mol. The molecule has 2 rings (SSSR count). The summed E-state index contributed by atoms with van der Waals surface area (Å²) in [5.41, 5.74) is 0. The number of hydrogen-bond acceptors (Lipinski definition) is 5. The van der Waals surface area contributed by atoms with Crippen molar-refractivity contribution < 1.29 is 18.7 Å². The van der Waals surface area contributed by atoms with Gasteiger partial charge in [-0.15, -0.1) is 0 Å². The van der Waals surface area contributed by atoms with E-state index in [1.165, 1.54) is 13.5 Å². The van der Waals surface area contributed by atoms with Crippen LogP contribution >= 0.6 is 0 Å². The molecule has 1 N–H and O–H groups in total. The number of carbonyl (C=O) groups is 1. The number of furan rings is 1. The van der Waals surface area contributed by atoms with E-state index in [4.69, 9.17) is 9.15 Å². The van der Waals surface area contributed by atoms with Crippen LogP contribution in [0.3, 0.4) is 0 Å². The first kappa shape index (κ1) is 13.1. The zero-order chi connectivity index (χ0) is 12.8. The van der Waals surface area contributed by atoms with Crippen LogP contribution in [0.5, 0.6) is 0 Å². The van der Waals surface area contributed by atoms with Gasteiger partial charge in [-0.3, -0.25) is 0 Å². The summed E-state index contributed by atoms with van der Waals surface area (Å²) in [6.45, 7) is 3.25. The van der Waals surface area contributed by atoms with Crippen LogP contribution in [-0.2, 0) is 16.0 Å². The summed E-state index contributed by atoms with van der Waals surface area (Å²) in [4.78, 5) is 11.2. The van der Waals surface area contributed by atoms with Crippen LogP contribution in [-0.4, -0.2) is 32.8 Å². The van der Waals surface area contributed by atoms with Crippen LogP contribution in [0.4, 0.5) is 0 Å². The second-order valence-corrected chi connectivity index (χ2v) is 4.47. The standard InChI is InChI=1S/C13H19NO4/c1-16-13(15)12-5-4-11(18-12)8-14-7-10-3-2-6-17-9-10/h4-5,10,14H,2-3,6-9H2,1H3. The zero-order valence-corrected chi connectivity index (χ0v) is 10.6. The molecule has 0 aliphatic carbocycles. The summed E-state index contributed by atoms with van der Waals surface area (Å²) >= 11 is 0. The number of ether oxygens (including phenoxy) is 2. The van der Waals surface area contributed by atoms with Crippen molar-refractivity contribution in [2.24, 2.45) is 5.92 Å². The van der Waals surface area contributed by atoms with Crippen LogP contribution in [0.1, 0.15) is 29.2 Å². The first-order valence-electron chi connectivity index (χ1n) is 6.25. The van der Waals surface area contributed by atoms with E-state index in [1.807, 2.05) is 0 Å². The van der Waals surface area contributed by atoms with Crippen molar-refractivity contribution in [1.29, 1.82) is 0 Å². The summed E-state index contributed by atoms with van der Waals surface area (Å²) in [5, 5.41) is 3.32. The minimum absolute atomic E-state index is 0.246. The van der Waals surface area contributed by atoms with Crippen molar-refractivity contribution in [2.45, 2.75) is 19.4 Å². The Morgan fingerprint density at radius 2 is 2.44 bits per heavy atom. The van der Waals surface area contributed by atoms with E-state index < -0.39 is 5.97 Å². The Labute approximate surface area is 106 Å². The molecule has 100 valence electrons. The first-order chi connectivity index (χ1) is 8.79. The molecule has 0 amide bonds. The molecular formula is C13H19NO4. The minimum atomic E-state index is -0.443. The molecule has 5 heteroatoms. The van der Waals surface area contributed by atoms with Crippen molar-refractivity contribution >= 4 is 5.97 Å². The van der Waals surface area contributed by atoms with Crippen molar-refractivity contribution in [3.05, 3.63) is 23.7 Å². The summed E-state index contributed by atoms with van der Waals surface area (Å²) in [7, 11) is 1.34. The van der Waals surface area contributed by atoms with Crippen LogP contribution in [0.25, 0.3) is 0 Å². The third-order valence-electron chi connectivity index (χ3n) is 3.04. The Kier molecular flexibility index (Phi) is 4.78. The fourth-order valence-electron chi connectivity index (χ4n) is 2.05. The average molecular weight is 253 g/mol. The van der Waals surface area contributed by atoms with Crippen molar-refractivity contribution in [3.63, 3.8) is 0 Å². The second-order valence-electron chi connectivity index (χ2n) is 4.47. The number of hydrogen-bond donors (Lipinski definition) is 1. The molecule has 1 unspecified atom stereocenters. The van der Waals surface area contributed by atoms with Gasteiger partial charge in [0.25, 0.3) is 0 Å². The highest BCUT2D eigenvalue weighted by atomic mass is 16.5. The average Bonchev–Trinajstić information content (AvgIpc) is 2.88. The van der Waals surface area contributed by atoms with Gasteiger partial charge in [-0.05, 0) is 30.9 Å². The van der Waals surface area contributed by atoms with E-state index in [-0.39, 0.29) is 5.76 Å². The third kappa shape index (κ3) is 3.58. The molecule has 1 saturated heterocycles. The quantitative estimate of drug-likeness (QED) is 0.807. The van der Waals surface area contributed by atoms with Gasteiger partial charge >= 0.3 is 5.97 Å². The van der Waals surface area contributed by atoms with Gasteiger partial charge in [-0.1, -0.05) is 0 Å². The fraction of sp³-hybridized carbons (Fsp3) is 0.615. The van der Waals surface area contributed by atoms with Gasteiger partial charge in [0.1, 0.15) is 5.76 Å². The molecule has 5 nitrogen and oxygen atoms in total. The first-order valence-corrected chi connectivity index (χ1v) is 6.25. The molecule has 1 aliphatic heterocycles. The van der Waals surface area contributed by atoms with E-state index in [1.54, 1.807) is 12.1 Å². The van der Waals surface area contributed by atoms with Crippen LogP contribution in [0.2, 0.25) is 0 Å². The normalized spacial score (nSPS) is 19.7. The van der Waals surface area contributed by atoms with Gasteiger partial charge in [0, 0.05) is 13.2 Å². The Morgan fingerprint density at radius 3 is 3.17 bits per heavy atom. The van der Waals surface area contributed by atoms with Crippen molar-refractivity contribution in [1.82, 2.24) is 5.32 Å². The third-order valence-corrected chi connectivity index (χ3v) is 3.04. The van der Waals surface area contributed by atoms with Crippen LogP contribution < -0.4 is 5.32 Å². The van der Waals surface area contributed by atoms with E-state index in [2.05, 4.69) is 10.1 Å². The SMILES string of the molecule is COC(=O)c1ccc(CNCC2CCCOC2)o1. The van der Waals surface area contributed by atoms with E-state index in [9.17, 15) is 4.79 Å². The fourth-order valence-corrected chi connectivity index (χ4v) is 2.05. The van der Waals surface area contributed by atoms with Crippen molar-refractivity contribution in [2.75, 3.05) is 26.9 Å². The molecule has 0 saturated carbocycles. The van der Waals surface area contributed by atoms with Crippen molar-refractivity contribution in [3.8, 4) is 0 Å². The lowest BCUT2D eigenvalue weighted by molar-refractivity contribution is 0.0543. The Bertz CT molecular complexity index is 382. The lowest BCUT2D eigenvalue weighted by Gasteiger charge is -2.21. The van der Waals surface area contributed by atoms with Crippen LogP contribution in [0, 0.1) is 5.92 Å². The lowest BCUT2D eigenvalue weighted by Crippen LogP contribution is -2.28. The maximum absolute atomic E-state index is 11.2. The van der Waals surface area contributed by atoms with Gasteiger partial charge in [-0.25, -0.2) is 4.79 Å². The molecule has 1 aliphatic rings. The zero-order valence-electron chi connectivity index (χ0n) is 10.6. The predicted octanol–water partition coefficient (Wildman–Crippen LogP) is 1.58. The van der Waals surface area contributed by atoms with E-state index >= 15 is 0 Å². The molecule has 1 fully saturated rings.